The van der Waals surface area contributed by atoms with Crippen molar-refractivity contribution in [1.82, 2.24) is 14.5 Å². The summed E-state index contributed by atoms with van der Waals surface area (Å²) in [7, 11) is 2.04. The second-order valence-electron chi connectivity index (χ2n) is 7.17. The molecule has 1 atom stereocenters. The summed E-state index contributed by atoms with van der Waals surface area (Å²) in [5.74, 6) is 2.26. The first-order chi connectivity index (χ1) is 13.1. The van der Waals surface area contributed by atoms with E-state index in [1.54, 1.807) is 18.2 Å². The molecule has 1 fully saturated rings. The number of furan rings is 1. The summed E-state index contributed by atoms with van der Waals surface area (Å²) in [5.41, 5.74) is 0.875. The lowest BCUT2D eigenvalue weighted by Gasteiger charge is -2.14. The summed E-state index contributed by atoms with van der Waals surface area (Å²) in [6.07, 6.45) is 5.99. The van der Waals surface area contributed by atoms with E-state index in [2.05, 4.69) is 14.5 Å². The van der Waals surface area contributed by atoms with Crippen molar-refractivity contribution in [2.24, 2.45) is 13.0 Å². The van der Waals surface area contributed by atoms with Crippen molar-refractivity contribution in [3.63, 3.8) is 0 Å². The average molecular weight is 365 g/mol. The van der Waals surface area contributed by atoms with Crippen molar-refractivity contribution in [3.8, 4) is 11.3 Å². The molecular formula is C21H23N3O3. The summed E-state index contributed by atoms with van der Waals surface area (Å²) in [5, 5.41) is 9.36. The topological polar surface area (TPSA) is 71.5 Å². The van der Waals surface area contributed by atoms with Gasteiger partial charge in [0.1, 0.15) is 17.3 Å². The summed E-state index contributed by atoms with van der Waals surface area (Å²) >= 11 is 0. The van der Waals surface area contributed by atoms with Crippen LogP contribution in [0.25, 0.3) is 11.3 Å². The van der Waals surface area contributed by atoms with E-state index in [4.69, 9.17) is 4.42 Å². The van der Waals surface area contributed by atoms with Gasteiger partial charge in [0.15, 0.2) is 0 Å². The number of carboxylic acid groups (broad SMARTS) is 1. The minimum atomic E-state index is -0.944. The van der Waals surface area contributed by atoms with Crippen LogP contribution in [-0.2, 0) is 20.0 Å². The molecule has 0 spiro atoms. The maximum Gasteiger partial charge on any atom is 0.336 e. The van der Waals surface area contributed by atoms with E-state index in [-0.39, 0.29) is 5.56 Å². The number of rotatable bonds is 6. The maximum absolute atomic E-state index is 11.4. The lowest BCUT2D eigenvalue weighted by Crippen LogP contribution is -2.20. The molecule has 4 rings (SSSR count). The molecule has 0 aliphatic carbocycles. The SMILES string of the molecule is Cn1ccnc1C[C@@H]1CCN(Cc2ccc(-c3ccccc3C(=O)O)o2)C1. The third kappa shape index (κ3) is 3.80. The summed E-state index contributed by atoms with van der Waals surface area (Å²) in [4.78, 5) is 18.2. The lowest BCUT2D eigenvalue weighted by molar-refractivity contribution is 0.0697. The van der Waals surface area contributed by atoms with Crippen molar-refractivity contribution >= 4 is 5.97 Å². The average Bonchev–Trinajstić information content (AvgIpc) is 3.39. The van der Waals surface area contributed by atoms with Crippen LogP contribution in [0.2, 0.25) is 0 Å². The highest BCUT2D eigenvalue weighted by molar-refractivity contribution is 5.95. The van der Waals surface area contributed by atoms with Crippen molar-refractivity contribution < 1.29 is 14.3 Å². The summed E-state index contributed by atoms with van der Waals surface area (Å²) in [6, 6.07) is 10.7. The van der Waals surface area contributed by atoms with Gasteiger partial charge in [0.2, 0.25) is 0 Å². The molecule has 0 saturated carbocycles. The predicted molar refractivity (Wildman–Crippen MR) is 101 cm³/mol. The number of nitrogens with zero attached hydrogens (tertiary/aromatic N) is 3. The Kier molecular flexibility index (Phi) is 4.81. The Bertz CT molecular complexity index is 944. The number of aromatic nitrogens is 2. The number of likely N-dealkylation sites (tertiary alicyclic amines) is 1. The highest BCUT2D eigenvalue weighted by Gasteiger charge is 2.25. The molecule has 0 bridgehead atoms. The molecule has 0 unspecified atom stereocenters. The number of aromatic carboxylic acids is 1. The van der Waals surface area contributed by atoms with Crippen LogP contribution in [0.4, 0.5) is 0 Å². The van der Waals surface area contributed by atoms with Crippen molar-refractivity contribution in [2.75, 3.05) is 13.1 Å². The lowest BCUT2D eigenvalue weighted by atomic mass is 10.0. The molecule has 27 heavy (non-hydrogen) atoms. The number of carbonyl (C=O) groups is 1. The number of benzene rings is 1. The van der Waals surface area contributed by atoms with Crippen molar-refractivity contribution in [1.29, 1.82) is 0 Å². The van der Waals surface area contributed by atoms with Gasteiger partial charge in [-0.1, -0.05) is 18.2 Å². The van der Waals surface area contributed by atoms with Crippen LogP contribution in [0.3, 0.4) is 0 Å². The third-order valence-corrected chi connectivity index (χ3v) is 5.23. The molecule has 140 valence electrons. The van der Waals surface area contributed by atoms with Crippen molar-refractivity contribution in [3.05, 3.63) is 65.9 Å². The molecule has 6 nitrogen and oxygen atoms in total. The Morgan fingerprint density at radius 2 is 2.15 bits per heavy atom. The predicted octanol–water partition coefficient (Wildman–Crippen LogP) is 3.44. The molecule has 1 aliphatic rings. The van der Waals surface area contributed by atoms with Gasteiger partial charge in [-0.15, -0.1) is 0 Å². The van der Waals surface area contributed by atoms with E-state index in [0.717, 1.165) is 44.1 Å². The highest BCUT2D eigenvalue weighted by Crippen LogP contribution is 2.28. The third-order valence-electron chi connectivity index (χ3n) is 5.23. The van der Waals surface area contributed by atoms with Gasteiger partial charge in [-0.25, -0.2) is 9.78 Å². The second kappa shape index (κ2) is 7.40. The number of carboxylic acids is 1. The first-order valence-corrected chi connectivity index (χ1v) is 9.20. The quantitative estimate of drug-likeness (QED) is 0.724. The van der Waals surface area contributed by atoms with Crippen LogP contribution < -0.4 is 0 Å². The molecule has 3 aromatic rings. The number of hydrogen-bond donors (Lipinski definition) is 1. The van der Waals surface area contributed by atoms with Gasteiger partial charge in [-0.05, 0) is 37.1 Å². The van der Waals surface area contributed by atoms with Gasteiger partial charge in [0.25, 0.3) is 0 Å². The second-order valence-corrected chi connectivity index (χ2v) is 7.17. The molecular weight excluding hydrogens is 342 g/mol. The number of hydrogen-bond acceptors (Lipinski definition) is 4. The first-order valence-electron chi connectivity index (χ1n) is 9.20. The van der Waals surface area contributed by atoms with Gasteiger partial charge < -0.3 is 14.1 Å². The largest absolute Gasteiger partial charge is 0.478 e. The Labute approximate surface area is 158 Å². The first kappa shape index (κ1) is 17.5. The van der Waals surface area contributed by atoms with E-state index in [0.29, 0.717) is 17.2 Å². The maximum atomic E-state index is 11.4. The minimum absolute atomic E-state index is 0.259. The molecule has 0 radical (unpaired) electrons. The van der Waals surface area contributed by atoms with Gasteiger partial charge >= 0.3 is 5.97 Å². The standard InChI is InChI=1S/C21H23N3O3/c1-23-11-9-22-20(23)12-15-8-10-24(13-15)14-16-6-7-19(27-16)17-4-2-3-5-18(17)21(25)26/h2-7,9,11,15H,8,10,12-14H2,1H3,(H,25,26)/t15-/m0/s1. The highest BCUT2D eigenvalue weighted by atomic mass is 16.4. The zero-order valence-electron chi connectivity index (χ0n) is 15.3. The van der Waals surface area contributed by atoms with Crippen molar-refractivity contribution in [2.45, 2.75) is 19.4 Å². The Balaban J connectivity index is 1.40. The van der Waals surface area contributed by atoms with Crippen LogP contribution >= 0.6 is 0 Å². The fourth-order valence-corrected chi connectivity index (χ4v) is 3.79. The molecule has 2 aromatic heterocycles. The van der Waals surface area contributed by atoms with E-state index in [1.807, 2.05) is 37.6 Å². The molecule has 1 saturated heterocycles. The van der Waals surface area contributed by atoms with Crippen LogP contribution in [0.15, 0.2) is 53.2 Å². The van der Waals surface area contributed by atoms with E-state index < -0.39 is 5.97 Å². The summed E-state index contributed by atoms with van der Waals surface area (Å²) < 4.78 is 8.05. The minimum Gasteiger partial charge on any atom is -0.478 e. The molecule has 1 N–H and O–H groups in total. The van der Waals surface area contributed by atoms with E-state index in [1.165, 1.54) is 0 Å². The molecule has 1 aromatic carbocycles. The molecule has 0 amide bonds. The fraction of sp³-hybridized carbons (Fsp3) is 0.333. The normalized spacial score (nSPS) is 17.4. The number of aryl methyl sites for hydroxylation is 1. The van der Waals surface area contributed by atoms with Gasteiger partial charge in [0, 0.05) is 38.0 Å². The Hall–Kier alpha value is -2.86. The fourth-order valence-electron chi connectivity index (χ4n) is 3.79. The zero-order valence-corrected chi connectivity index (χ0v) is 15.3. The van der Waals surface area contributed by atoms with Gasteiger partial charge in [-0.2, -0.15) is 0 Å². The van der Waals surface area contributed by atoms with Gasteiger partial charge in [0.05, 0.1) is 12.1 Å². The Morgan fingerprint density at radius 3 is 2.93 bits per heavy atom. The van der Waals surface area contributed by atoms with Crippen LogP contribution in [0, 0.1) is 5.92 Å². The smallest absolute Gasteiger partial charge is 0.336 e. The van der Waals surface area contributed by atoms with E-state index in [9.17, 15) is 9.90 Å². The van der Waals surface area contributed by atoms with E-state index >= 15 is 0 Å². The van der Waals surface area contributed by atoms with Crippen LogP contribution in [0.1, 0.15) is 28.4 Å². The number of imidazole rings is 1. The van der Waals surface area contributed by atoms with Crippen LogP contribution in [0.5, 0.6) is 0 Å². The monoisotopic (exact) mass is 365 g/mol. The Morgan fingerprint density at radius 1 is 1.30 bits per heavy atom. The summed E-state index contributed by atoms with van der Waals surface area (Å²) in [6.45, 7) is 2.80. The molecule has 3 heterocycles. The molecule has 1 aliphatic heterocycles. The zero-order chi connectivity index (χ0) is 18.8. The van der Waals surface area contributed by atoms with Crippen LogP contribution in [-0.4, -0.2) is 38.6 Å². The molecule has 6 heteroatoms. The van der Waals surface area contributed by atoms with Gasteiger partial charge in [-0.3, -0.25) is 4.90 Å².